The first-order valence-electron chi connectivity index (χ1n) is 6.00. The highest BCUT2D eigenvalue weighted by molar-refractivity contribution is 7.90. The van der Waals surface area contributed by atoms with Gasteiger partial charge in [-0.1, -0.05) is 0 Å². The Balaban J connectivity index is 3.12. The van der Waals surface area contributed by atoms with Crippen LogP contribution in [0.25, 0.3) is 0 Å². The molecule has 0 fully saturated rings. The standard InChI is InChI=1S/C12H19N3O4S/c1-8(2)15(4)20(18,19)14-10-7-9(12(17)13-3)5-6-11(10)16/h5-8,14,16H,1-4H3,(H,13,17). The second-order valence-electron chi connectivity index (χ2n) is 4.53. The molecule has 0 unspecified atom stereocenters. The van der Waals surface area contributed by atoms with Gasteiger partial charge in [0.25, 0.3) is 5.91 Å². The fourth-order valence-electron chi connectivity index (χ4n) is 1.39. The Bertz CT molecular complexity index is 599. The summed E-state index contributed by atoms with van der Waals surface area (Å²) < 4.78 is 27.5. The van der Waals surface area contributed by atoms with E-state index in [9.17, 15) is 18.3 Å². The van der Waals surface area contributed by atoms with E-state index in [0.717, 1.165) is 4.31 Å². The molecule has 0 heterocycles. The van der Waals surface area contributed by atoms with Crippen molar-refractivity contribution >= 4 is 21.8 Å². The molecular formula is C12H19N3O4S. The molecule has 1 aromatic rings. The lowest BCUT2D eigenvalue weighted by atomic mass is 10.2. The molecule has 112 valence electrons. The Morgan fingerprint density at radius 3 is 2.45 bits per heavy atom. The second-order valence-corrected chi connectivity index (χ2v) is 6.26. The van der Waals surface area contributed by atoms with Crippen LogP contribution in [0.15, 0.2) is 18.2 Å². The molecule has 0 aliphatic rings. The average molecular weight is 301 g/mol. The Morgan fingerprint density at radius 2 is 1.95 bits per heavy atom. The highest BCUT2D eigenvalue weighted by Gasteiger charge is 2.22. The molecule has 0 bridgehead atoms. The molecule has 8 heteroatoms. The predicted molar refractivity (Wildman–Crippen MR) is 76.9 cm³/mol. The molecule has 1 amide bonds. The maximum Gasteiger partial charge on any atom is 0.301 e. The van der Waals surface area contributed by atoms with Crippen LogP contribution in [0.4, 0.5) is 5.69 Å². The number of hydrogen-bond donors (Lipinski definition) is 3. The first kappa shape index (κ1) is 16.3. The Kier molecular flexibility index (Phi) is 4.96. The molecule has 1 aromatic carbocycles. The number of benzene rings is 1. The van der Waals surface area contributed by atoms with Crippen molar-refractivity contribution in [3.63, 3.8) is 0 Å². The zero-order valence-corrected chi connectivity index (χ0v) is 12.7. The van der Waals surface area contributed by atoms with Crippen molar-refractivity contribution in [2.75, 3.05) is 18.8 Å². The number of nitrogens with one attached hydrogen (secondary N) is 2. The normalized spacial score (nSPS) is 11.7. The summed E-state index contributed by atoms with van der Waals surface area (Å²) in [7, 11) is -0.906. The van der Waals surface area contributed by atoms with Crippen molar-refractivity contribution in [2.24, 2.45) is 0 Å². The second kappa shape index (κ2) is 6.10. The van der Waals surface area contributed by atoms with Gasteiger partial charge in [-0.15, -0.1) is 0 Å². The summed E-state index contributed by atoms with van der Waals surface area (Å²) in [5.74, 6) is -0.624. The molecule has 7 nitrogen and oxygen atoms in total. The summed E-state index contributed by atoms with van der Waals surface area (Å²) in [5, 5.41) is 12.1. The number of amides is 1. The van der Waals surface area contributed by atoms with Crippen molar-refractivity contribution in [3.8, 4) is 5.75 Å². The lowest BCUT2D eigenvalue weighted by Crippen LogP contribution is -2.37. The van der Waals surface area contributed by atoms with Crippen LogP contribution >= 0.6 is 0 Å². The fourth-order valence-corrected chi connectivity index (χ4v) is 2.53. The molecule has 0 aliphatic heterocycles. The van der Waals surface area contributed by atoms with Gasteiger partial charge >= 0.3 is 10.2 Å². The van der Waals surface area contributed by atoms with Gasteiger partial charge in [0.2, 0.25) is 0 Å². The van der Waals surface area contributed by atoms with E-state index in [1.165, 1.54) is 32.3 Å². The third kappa shape index (κ3) is 3.61. The number of phenolic OH excluding ortho intramolecular Hbond substituents is 1. The largest absolute Gasteiger partial charge is 0.506 e. The van der Waals surface area contributed by atoms with Gasteiger partial charge in [0.05, 0.1) is 5.69 Å². The van der Waals surface area contributed by atoms with Crippen molar-refractivity contribution in [3.05, 3.63) is 23.8 Å². The van der Waals surface area contributed by atoms with Crippen LogP contribution in [0, 0.1) is 0 Å². The van der Waals surface area contributed by atoms with Gasteiger partial charge in [0.1, 0.15) is 5.75 Å². The lowest BCUT2D eigenvalue weighted by molar-refractivity contribution is 0.0963. The average Bonchev–Trinajstić information content (AvgIpc) is 2.39. The topological polar surface area (TPSA) is 98.7 Å². The lowest BCUT2D eigenvalue weighted by Gasteiger charge is -2.22. The molecule has 0 saturated heterocycles. The summed E-state index contributed by atoms with van der Waals surface area (Å²) in [5.41, 5.74) is 0.203. The highest BCUT2D eigenvalue weighted by Crippen LogP contribution is 2.26. The first-order chi connectivity index (χ1) is 9.19. The number of hydrogen-bond acceptors (Lipinski definition) is 4. The van der Waals surface area contributed by atoms with E-state index in [4.69, 9.17) is 0 Å². The van der Waals surface area contributed by atoms with Gasteiger partial charge in [-0.05, 0) is 32.0 Å². The van der Waals surface area contributed by atoms with Crippen LogP contribution in [0.5, 0.6) is 5.75 Å². The summed E-state index contributed by atoms with van der Waals surface area (Å²) in [4.78, 5) is 11.5. The SMILES string of the molecule is CNC(=O)c1ccc(O)c(NS(=O)(=O)N(C)C(C)C)c1. The van der Waals surface area contributed by atoms with E-state index in [0.29, 0.717) is 0 Å². The number of carbonyl (C=O) groups excluding carboxylic acids is 1. The van der Waals surface area contributed by atoms with Crippen molar-refractivity contribution in [1.82, 2.24) is 9.62 Å². The Labute approximate surface area is 118 Å². The molecule has 0 aromatic heterocycles. The molecule has 20 heavy (non-hydrogen) atoms. The summed E-state index contributed by atoms with van der Waals surface area (Å²) in [6.45, 7) is 3.44. The van der Waals surface area contributed by atoms with Crippen LogP contribution < -0.4 is 10.0 Å². The summed E-state index contributed by atoms with van der Waals surface area (Å²) >= 11 is 0. The van der Waals surface area contributed by atoms with Crippen molar-refractivity contribution < 1.29 is 18.3 Å². The third-order valence-corrected chi connectivity index (χ3v) is 4.49. The van der Waals surface area contributed by atoms with Crippen LogP contribution in [0.3, 0.4) is 0 Å². The minimum Gasteiger partial charge on any atom is -0.506 e. The van der Waals surface area contributed by atoms with E-state index in [2.05, 4.69) is 10.0 Å². The van der Waals surface area contributed by atoms with Crippen LogP contribution in [-0.4, -0.2) is 43.9 Å². The van der Waals surface area contributed by atoms with Crippen LogP contribution in [0.1, 0.15) is 24.2 Å². The molecule has 0 saturated carbocycles. The molecule has 3 N–H and O–H groups in total. The maximum absolute atomic E-state index is 12.0. The van der Waals surface area contributed by atoms with E-state index in [1.807, 2.05) is 0 Å². The zero-order chi connectivity index (χ0) is 15.5. The highest BCUT2D eigenvalue weighted by atomic mass is 32.2. The molecule has 0 spiro atoms. The number of carbonyl (C=O) groups is 1. The van der Waals surface area contributed by atoms with Gasteiger partial charge in [-0.2, -0.15) is 12.7 Å². The van der Waals surface area contributed by atoms with Gasteiger partial charge in [-0.25, -0.2) is 0 Å². The fraction of sp³-hybridized carbons (Fsp3) is 0.417. The molecule has 1 rings (SSSR count). The number of rotatable bonds is 5. The van der Waals surface area contributed by atoms with E-state index in [1.54, 1.807) is 13.8 Å². The van der Waals surface area contributed by atoms with E-state index >= 15 is 0 Å². The third-order valence-electron chi connectivity index (χ3n) is 2.83. The molecule has 0 radical (unpaired) electrons. The Morgan fingerprint density at radius 1 is 1.35 bits per heavy atom. The molecular weight excluding hydrogens is 282 g/mol. The first-order valence-corrected chi connectivity index (χ1v) is 7.44. The Hall–Kier alpha value is -1.80. The smallest absolute Gasteiger partial charge is 0.301 e. The number of aromatic hydroxyl groups is 1. The van der Waals surface area contributed by atoms with E-state index in [-0.39, 0.29) is 28.9 Å². The molecule has 0 aliphatic carbocycles. The van der Waals surface area contributed by atoms with Gasteiger partial charge < -0.3 is 10.4 Å². The van der Waals surface area contributed by atoms with Crippen molar-refractivity contribution in [1.29, 1.82) is 0 Å². The minimum absolute atomic E-state index is 0.0430. The van der Waals surface area contributed by atoms with Gasteiger partial charge in [-0.3, -0.25) is 9.52 Å². The van der Waals surface area contributed by atoms with E-state index < -0.39 is 10.2 Å². The summed E-state index contributed by atoms with van der Waals surface area (Å²) in [6.07, 6.45) is 0. The zero-order valence-electron chi connectivity index (χ0n) is 11.8. The van der Waals surface area contributed by atoms with Crippen LogP contribution in [-0.2, 0) is 10.2 Å². The van der Waals surface area contributed by atoms with Crippen LogP contribution in [0.2, 0.25) is 0 Å². The predicted octanol–water partition coefficient (Wildman–Crippen LogP) is 0.749. The van der Waals surface area contributed by atoms with Gasteiger partial charge in [0, 0.05) is 25.7 Å². The maximum atomic E-state index is 12.0. The number of anilines is 1. The molecule has 0 atom stereocenters. The van der Waals surface area contributed by atoms with Gasteiger partial charge in [0.15, 0.2) is 0 Å². The monoisotopic (exact) mass is 301 g/mol. The quantitative estimate of drug-likeness (QED) is 0.699. The summed E-state index contributed by atoms with van der Waals surface area (Å²) in [6, 6.07) is 3.70. The van der Waals surface area contributed by atoms with Crippen molar-refractivity contribution in [2.45, 2.75) is 19.9 Å². The minimum atomic E-state index is -3.79. The number of phenols is 1. The number of nitrogens with zero attached hydrogens (tertiary/aromatic N) is 1.